The van der Waals surface area contributed by atoms with Gasteiger partial charge < -0.3 is 4.74 Å². The topological polar surface area (TPSA) is 9.23 Å². The first-order valence-electron chi connectivity index (χ1n) is 4.75. The summed E-state index contributed by atoms with van der Waals surface area (Å²) in [5.41, 5.74) is 0. The molecule has 0 N–H and O–H groups in total. The predicted octanol–water partition coefficient (Wildman–Crippen LogP) is 2.85. The van der Waals surface area contributed by atoms with Gasteiger partial charge in [0.1, 0.15) is 0 Å². The van der Waals surface area contributed by atoms with Gasteiger partial charge in [-0.05, 0) is 31.6 Å². The lowest BCUT2D eigenvalue weighted by Gasteiger charge is -2.34. The van der Waals surface area contributed by atoms with Crippen molar-refractivity contribution in [1.82, 2.24) is 0 Å². The van der Waals surface area contributed by atoms with Crippen LogP contribution >= 0.6 is 0 Å². The van der Waals surface area contributed by atoms with E-state index < -0.39 is 0 Å². The molecule has 0 aromatic rings. The first-order valence-corrected chi connectivity index (χ1v) is 4.75. The minimum absolute atomic E-state index is 0.478. The van der Waals surface area contributed by atoms with E-state index in [9.17, 15) is 0 Å². The second-order valence-corrected chi connectivity index (χ2v) is 4.31. The van der Waals surface area contributed by atoms with Crippen LogP contribution in [0.15, 0.2) is 0 Å². The highest BCUT2D eigenvalue weighted by Crippen LogP contribution is 2.27. The Hall–Kier alpha value is -0.0400. The highest BCUT2D eigenvalue weighted by atomic mass is 16.5. The third-order valence-electron chi connectivity index (χ3n) is 2.52. The summed E-state index contributed by atoms with van der Waals surface area (Å²) >= 11 is 0. The molecule has 1 saturated heterocycles. The van der Waals surface area contributed by atoms with Gasteiger partial charge in [0.15, 0.2) is 0 Å². The SMILES string of the molecule is CC1CC(C)O[C@@H](C(C)C)C1. The molecular weight excluding hydrogens is 136 g/mol. The minimum atomic E-state index is 0.478. The van der Waals surface area contributed by atoms with Gasteiger partial charge in [-0.1, -0.05) is 20.8 Å². The summed E-state index contributed by atoms with van der Waals surface area (Å²) in [4.78, 5) is 0. The molecule has 0 amide bonds. The largest absolute Gasteiger partial charge is 0.375 e. The van der Waals surface area contributed by atoms with Gasteiger partial charge in [0.05, 0.1) is 12.2 Å². The van der Waals surface area contributed by atoms with Crippen LogP contribution < -0.4 is 0 Å². The van der Waals surface area contributed by atoms with E-state index in [1.807, 2.05) is 0 Å². The Morgan fingerprint density at radius 3 is 2.27 bits per heavy atom. The molecule has 1 aliphatic heterocycles. The van der Waals surface area contributed by atoms with Crippen molar-refractivity contribution >= 4 is 0 Å². The lowest BCUT2D eigenvalue weighted by Crippen LogP contribution is -2.33. The Morgan fingerprint density at radius 2 is 1.82 bits per heavy atom. The predicted molar refractivity (Wildman–Crippen MR) is 47.6 cm³/mol. The molecule has 66 valence electrons. The average molecular weight is 156 g/mol. The first-order chi connectivity index (χ1) is 5.09. The van der Waals surface area contributed by atoms with Crippen LogP contribution in [0.5, 0.6) is 0 Å². The monoisotopic (exact) mass is 156 g/mol. The molecule has 0 aromatic heterocycles. The highest BCUT2D eigenvalue weighted by Gasteiger charge is 2.26. The Bertz CT molecular complexity index is 110. The standard InChI is InChI=1S/C10H20O/c1-7(2)10-6-8(3)5-9(4)11-10/h7-10H,5-6H2,1-4H3/t8?,9?,10-/m1/s1. The zero-order chi connectivity index (χ0) is 8.43. The number of hydrogen-bond donors (Lipinski definition) is 0. The van der Waals surface area contributed by atoms with Crippen molar-refractivity contribution in [2.45, 2.75) is 52.7 Å². The molecule has 1 aliphatic rings. The summed E-state index contributed by atoms with van der Waals surface area (Å²) in [5, 5.41) is 0. The molecule has 0 bridgehead atoms. The summed E-state index contributed by atoms with van der Waals surface area (Å²) in [5.74, 6) is 1.53. The fraction of sp³-hybridized carbons (Fsp3) is 1.00. The van der Waals surface area contributed by atoms with E-state index in [2.05, 4.69) is 27.7 Å². The Kier molecular flexibility index (Phi) is 2.94. The number of hydrogen-bond acceptors (Lipinski definition) is 1. The molecule has 1 heteroatoms. The van der Waals surface area contributed by atoms with E-state index in [-0.39, 0.29) is 0 Å². The molecule has 0 radical (unpaired) electrons. The fourth-order valence-corrected chi connectivity index (χ4v) is 1.90. The lowest BCUT2D eigenvalue weighted by molar-refractivity contribution is -0.0789. The molecule has 0 aliphatic carbocycles. The third-order valence-corrected chi connectivity index (χ3v) is 2.52. The van der Waals surface area contributed by atoms with Crippen LogP contribution in [0.4, 0.5) is 0 Å². The van der Waals surface area contributed by atoms with Crippen LogP contribution in [0.1, 0.15) is 40.5 Å². The van der Waals surface area contributed by atoms with Crippen LogP contribution in [0.3, 0.4) is 0 Å². The maximum Gasteiger partial charge on any atom is 0.0604 e. The molecule has 1 fully saturated rings. The quantitative estimate of drug-likeness (QED) is 0.567. The van der Waals surface area contributed by atoms with Crippen molar-refractivity contribution in [2.24, 2.45) is 11.8 Å². The van der Waals surface area contributed by atoms with E-state index in [0.717, 1.165) is 5.92 Å². The fourth-order valence-electron chi connectivity index (χ4n) is 1.90. The van der Waals surface area contributed by atoms with Gasteiger partial charge in [0.2, 0.25) is 0 Å². The molecular formula is C10H20O. The molecule has 2 unspecified atom stereocenters. The number of ether oxygens (including phenoxy) is 1. The maximum atomic E-state index is 5.82. The smallest absolute Gasteiger partial charge is 0.0604 e. The van der Waals surface area contributed by atoms with Crippen molar-refractivity contribution in [3.63, 3.8) is 0 Å². The van der Waals surface area contributed by atoms with E-state index in [1.54, 1.807) is 0 Å². The zero-order valence-corrected chi connectivity index (χ0v) is 8.13. The third kappa shape index (κ3) is 2.48. The Balaban J connectivity index is 2.43. The van der Waals surface area contributed by atoms with Gasteiger partial charge in [0.25, 0.3) is 0 Å². The maximum absolute atomic E-state index is 5.82. The molecule has 1 nitrogen and oxygen atoms in total. The first kappa shape index (κ1) is 9.05. The Morgan fingerprint density at radius 1 is 1.18 bits per heavy atom. The Labute approximate surface area is 70.1 Å². The van der Waals surface area contributed by atoms with Gasteiger partial charge in [-0.3, -0.25) is 0 Å². The van der Waals surface area contributed by atoms with Crippen LogP contribution in [0, 0.1) is 11.8 Å². The van der Waals surface area contributed by atoms with Crippen LogP contribution in [-0.4, -0.2) is 12.2 Å². The summed E-state index contributed by atoms with van der Waals surface area (Å²) in [6.45, 7) is 9.00. The normalized spacial score (nSPS) is 39.5. The van der Waals surface area contributed by atoms with Gasteiger partial charge in [-0.15, -0.1) is 0 Å². The van der Waals surface area contributed by atoms with Gasteiger partial charge in [0, 0.05) is 0 Å². The van der Waals surface area contributed by atoms with Crippen molar-refractivity contribution < 1.29 is 4.74 Å². The lowest BCUT2D eigenvalue weighted by atomic mass is 9.89. The van der Waals surface area contributed by atoms with E-state index >= 15 is 0 Å². The van der Waals surface area contributed by atoms with E-state index in [0.29, 0.717) is 18.1 Å². The van der Waals surface area contributed by atoms with Crippen LogP contribution in [0.2, 0.25) is 0 Å². The molecule has 11 heavy (non-hydrogen) atoms. The second kappa shape index (κ2) is 3.57. The minimum Gasteiger partial charge on any atom is -0.375 e. The summed E-state index contributed by atoms with van der Waals surface area (Å²) < 4.78 is 5.82. The van der Waals surface area contributed by atoms with Crippen molar-refractivity contribution in [2.75, 3.05) is 0 Å². The van der Waals surface area contributed by atoms with Crippen molar-refractivity contribution in [3.8, 4) is 0 Å². The average Bonchev–Trinajstić information content (AvgIpc) is 1.85. The van der Waals surface area contributed by atoms with E-state index in [4.69, 9.17) is 4.74 Å². The molecule has 0 aromatic carbocycles. The van der Waals surface area contributed by atoms with Gasteiger partial charge in [-0.25, -0.2) is 0 Å². The molecule has 1 heterocycles. The summed E-state index contributed by atoms with van der Waals surface area (Å²) in [6, 6.07) is 0. The highest BCUT2D eigenvalue weighted by molar-refractivity contribution is 4.74. The molecule has 1 rings (SSSR count). The van der Waals surface area contributed by atoms with Crippen molar-refractivity contribution in [3.05, 3.63) is 0 Å². The number of rotatable bonds is 1. The second-order valence-electron chi connectivity index (χ2n) is 4.31. The van der Waals surface area contributed by atoms with Crippen LogP contribution in [0.25, 0.3) is 0 Å². The molecule has 0 saturated carbocycles. The summed E-state index contributed by atoms with van der Waals surface area (Å²) in [7, 11) is 0. The van der Waals surface area contributed by atoms with Gasteiger partial charge >= 0.3 is 0 Å². The van der Waals surface area contributed by atoms with Crippen LogP contribution in [-0.2, 0) is 4.74 Å². The zero-order valence-electron chi connectivity index (χ0n) is 8.13. The molecule has 0 spiro atoms. The van der Waals surface area contributed by atoms with E-state index in [1.165, 1.54) is 12.8 Å². The van der Waals surface area contributed by atoms with Gasteiger partial charge in [-0.2, -0.15) is 0 Å². The van der Waals surface area contributed by atoms with Crippen molar-refractivity contribution in [1.29, 1.82) is 0 Å². The summed E-state index contributed by atoms with van der Waals surface area (Å²) in [6.07, 6.45) is 3.48. The molecule has 3 atom stereocenters.